The molecule has 2 rings (SSSR count). The van der Waals surface area contributed by atoms with E-state index in [2.05, 4.69) is 11.9 Å². The van der Waals surface area contributed by atoms with Gasteiger partial charge >= 0.3 is 5.97 Å². The Hall–Kier alpha value is -2.28. The molecule has 2 unspecified atom stereocenters. The fourth-order valence-corrected chi connectivity index (χ4v) is 3.13. The molecule has 0 saturated carbocycles. The van der Waals surface area contributed by atoms with Gasteiger partial charge in [-0.25, -0.2) is 4.79 Å². The van der Waals surface area contributed by atoms with E-state index < -0.39 is 23.8 Å². The molecule has 2 atom stereocenters. The van der Waals surface area contributed by atoms with Crippen LogP contribution in [0.15, 0.2) is 41.8 Å². The van der Waals surface area contributed by atoms with Gasteiger partial charge in [0.1, 0.15) is 6.04 Å². The monoisotopic (exact) mass is 362 g/mol. The molecule has 134 valence electrons. The summed E-state index contributed by atoms with van der Waals surface area (Å²) in [5.41, 5.74) is 0.750. The molecule has 25 heavy (non-hydrogen) atoms. The zero-order valence-electron chi connectivity index (χ0n) is 14.1. The summed E-state index contributed by atoms with van der Waals surface area (Å²) in [5, 5.41) is 11.7. The van der Waals surface area contributed by atoms with E-state index in [9.17, 15) is 19.5 Å². The molecule has 1 aromatic carbocycles. The third kappa shape index (κ3) is 4.85. The first-order chi connectivity index (χ1) is 12.0. The van der Waals surface area contributed by atoms with Crippen molar-refractivity contribution in [1.29, 1.82) is 0 Å². The lowest BCUT2D eigenvalue weighted by molar-refractivity contribution is -0.142. The van der Waals surface area contributed by atoms with E-state index in [1.165, 1.54) is 0 Å². The van der Waals surface area contributed by atoms with Crippen molar-refractivity contribution in [3.05, 3.63) is 36.9 Å². The van der Waals surface area contributed by atoms with Gasteiger partial charge in [-0.2, -0.15) is 0 Å². The molecule has 1 heterocycles. The minimum atomic E-state index is -1.08. The van der Waals surface area contributed by atoms with Gasteiger partial charge < -0.3 is 15.3 Å². The minimum Gasteiger partial charge on any atom is -0.480 e. The highest BCUT2D eigenvalue weighted by Crippen LogP contribution is 2.27. The molecule has 0 bridgehead atoms. The lowest BCUT2D eigenvalue weighted by atomic mass is 10.1. The van der Waals surface area contributed by atoms with E-state index >= 15 is 0 Å². The fraction of sp³-hybridized carbons (Fsp3) is 0.389. The molecule has 0 aromatic heterocycles. The van der Waals surface area contributed by atoms with Crippen molar-refractivity contribution in [3.63, 3.8) is 0 Å². The van der Waals surface area contributed by atoms with Crippen LogP contribution in [0, 0.1) is 5.92 Å². The summed E-state index contributed by atoms with van der Waals surface area (Å²) < 4.78 is 0. The van der Waals surface area contributed by atoms with Gasteiger partial charge in [-0.3, -0.25) is 9.59 Å². The van der Waals surface area contributed by atoms with E-state index in [0.717, 1.165) is 10.6 Å². The number of anilines is 1. The number of aliphatic carboxylic acids is 1. The standard InChI is InChI=1S/C18H22N2O4S/c1-3-4-5-15(18(23)24)19-17(22)12-10-16(21)20(11-12)13-6-8-14(25-2)9-7-13/h3,6-9,12,15H,1,4-5,10-11H2,2H3,(H,19,22)(H,23,24). The van der Waals surface area contributed by atoms with Gasteiger partial charge in [0.15, 0.2) is 0 Å². The average Bonchev–Trinajstić information content (AvgIpc) is 3.00. The highest BCUT2D eigenvalue weighted by Gasteiger charge is 2.36. The number of carboxylic acid groups (broad SMARTS) is 1. The van der Waals surface area contributed by atoms with Crippen LogP contribution in [0.5, 0.6) is 0 Å². The highest BCUT2D eigenvalue weighted by atomic mass is 32.2. The van der Waals surface area contributed by atoms with Crippen molar-refractivity contribution in [1.82, 2.24) is 5.32 Å². The predicted molar refractivity (Wildman–Crippen MR) is 97.7 cm³/mol. The number of hydrogen-bond acceptors (Lipinski definition) is 4. The van der Waals surface area contributed by atoms with Crippen molar-refractivity contribution in [2.45, 2.75) is 30.2 Å². The summed E-state index contributed by atoms with van der Waals surface area (Å²) in [5.74, 6) is -2.15. The van der Waals surface area contributed by atoms with E-state index in [1.54, 1.807) is 22.7 Å². The number of carbonyl (C=O) groups excluding carboxylic acids is 2. The largest absolute Gasteiger partial charge is 0.480 e. The van der Waals surface area contributed by atoms with Gasteiger partial charge in [-0.1, -0.05) is 6.08 Å². The summed E-state index contributed by atoms with van der Waals surface area (Å²) in [4.78, 5) is 38.5. The van der Waals surface area contributed by atoms with Crippen LogP contribution in [0.3, 0.4) is 0 Å². The van der Waals surface area contributed by atoms with Gasteiger partial charge in [0.25, 0.3) is 0 Å². The van der Waals surface area contributed by atoms with Gasteiger partial charge in [0, 0.05) is 23.5 Å². The van der Waals surface area contributed by atoms with Gasteiger partial charge in [-0.15, -0.1) is 18.3 Å². The molecule has 1 aromatic rings. The Kier molecular flexibility index (Phi) is 6.64. The number of thioether (sulfide) groups is 1. The number of allylic oxidation sites excluding steroid dienone is 1. The summed E-state index contributed by atoms with van der Waals surface area (Å²) in [6, 6.07) is 6.60. The molecule has 7 heteroatoms. The average molecular weight is 362 g/mol. The summed E-state index contributed by atoms with van der Waals surface area (Å²) in [6.07, 6.45) is 4.45. The molecule has 2 amide bonds. The first-order valence-corrected chi connectivity index (χ1v) is 9.27. The lowest BCUT2D eigenvalue weighted by Crippen LogP contribution is -2.44. The Morgan fingerprint density at radius 1 is 1.44 bits per heavy atom. The molecule has 0 aliphatic carbocycles. The molecule has 1 saturated heterocycles. The van der Waals surface area contributed by atoms with Gasteiger partial charge in [0.2, 0.25) is 11.8 Å². The molecule has 1 aliphatic heterocycles. The number of carboxylic acids is 1. The minimum absolute atomic E-state index is 0.0872. The number of rotatable bonds is 8. The van der Waals surface area contributed by atoms with Crippen LogP contribution in [-0.2, 0) is 14.4 Å². The van der Waals surface area contributed by atoms with Crippen LogP contribution in [0.2, 0.25) is 0 Å². The number of nitrogens with one attached hydrogen (secondary N) is 1. The molecule has 6 nitrogen and oxygen atoms in total. The summed E-state index contributed by atoms with van der Waals surface area (Å²) in [6.45, 7) is 3.82. The number of carbonyl (C=O) groups is 3. The van der Waals surface area contributed by atoms with E-state index in [1.807, 2.05) is 30.5 Å². The highest BCUT2D eigenvalue weighted by molar-refractivity contribution is 7.98. The normalized spacial score (nSPS) is 18.0. The van der Waals surface area contributed by atoms with Crippen molar-refractivity contribution in [3.8, 4) is 0 Å². The van der Waals surface area contributed by atoms with Crippen molar-refractivity contribution in [2.75, 3.05) is 17.7 Å². The molecule has 2 N–H and O–H groups in total. The number of nitrogens with zero attached hydrogens (tertiary/aromatic N) is 1. The molecular formula is C18H22N2O4S. The number of hydrogen-bond donors (Lipinski definition) is 2. The van der Waals surface area contributed by atoms with Crippen LogP contribution < -0.4 is 10.2 Å². The van der Waals surface area contributed by atoms with Crippen LogP contribution in [0.25, 0.3) is 0 Å². The number of amides is 2. The van der Waals surface area contributed by atoms with Gasteiger partial charge in [-0.05, 0) is 43.4 Å². The Morgan fingerprint density at radius 3 is 2.68 bits per heavy atom. The first-order valence-electron chi connectivity index (χ1n) is 8.04. The number of benzene rings is 1. The van der Waals surface area contributed by atoms with Crippen molar-refractivity contribution >= 4 is 35.2 Å². The quantitative estimate of drug-likeness (QED) is 0.547. The predicted octanol–water partition coefficient (Wildman–Crippen LogP) is 2.30. The molecular weight excluding hydrogens is 340 g/mol. The second kappa shape index (κ2) is 8.71. The smallest absolute Gasteiger partial charge is 0.326 e. The molecule has 0 radical (unpaired) electrons. The van der Waals surface area contributed by atoms with Crippen LogP contribution in [0.1, 0.15) is 19.3 Å². The Morgan fingerprint density at radius 2 is 2.12 bits per heavy atom. The summed E-state index contributed by atoms with van der Waals surface area (Å²) in [7, 11) is 0. The van der Waals surface area contributed by atoms with E-state index in [0.29, 0.717) is 6.42 Å². The van der Waals surface area contributed by atoms with Crippen molar-refractivity contribution < 1.29 is 19.5 Å². The molecule has 1 aliphatic rings. The second-order valence-corrected chi connectivity index (χ2v) is 6.75. The Balaban J connectivity index is 2.01. The summed E-state index contributed by atoms with van der Waals surface area (Å²) >= 11 is 1.61. The van der Waals surface area contributed by atoms with Crippen molar-refractivity contribution in [2.24, 2.45) is 5.92 Å². The molecule has 0 spiro atoms. The Labute approximate surface area is 151 Å². The SMILES string of the molecule is C=CCCC(NC(=O)C1CC(=O)N(c2ccc(SC)cc2)C1)C(=O)O. The van der Waals surface area contributed by atoms with Crippen LogP contribution in [-0.4, -0.2) is 41.7 Å². The van der Waals surface area contributed by atoms with Gasteiger partial charge in [0.05, 0.1) is 5.92 Å². The van der Waals surface area contributed by atoms with E-state index in [4.69, 9.17) is 0 Å². The zero-order chi connectivity index (χ0) is 18.4. The maximum atomic E-state index is 12.4. The Bertz CT molecular complexity index is 660. The zero-order valence-corrected chi connectivity index (χ0v) is 14.9. The topological polar surface area (TPSA) is 86.7 Å². The maximum absolute atomic E-state index is 12.4. The first kappa shape index (κ1) is 19.1. The third-order valence-corrected chi connectivity index (χ3v) is 4.90. The third-order valence-electron chi connectivity index (χ3n) is 4.15. The second-order valence-electron chi connectivity index (χ2n) is 5.87. The van der Waals surface area contributed by atoms with Crippen LogP contribution in [0.4, 0.5) is 5.69 Å². The maximum Gasteiger partial charge on any atom is 0.326 e. The lowest BCUT2D eigenvalue weighted by Gasteiger charge is -2.18. The fourth-order valence-electron chi connectivity index (χ4n) is 2.73. The van der Waals surface area contributed by atoms with Crippen LogP contribution >= 0.6 is 11.8 Å². The molecule has 1 fully saturated rings. The van der Waals surface area contributed by atoms with E-state index in [-0.39, 0.29) is 25.3 Å².